The van der Waals surface area contributed by atoms with Crippen LogP contribution in [-0.2, 0) is 6.54 Å². The Morgan fingerprint density at radius 3 is 2.69 bits per heavy atom. The summed E-state index contributed by atoms with van der Waals surface area (Å²) in [6.45, 7) is 0.435. The van der Waals surface area contributed by atoms with Crippen molar-refractivity contribution in [2.45, 2.75) is 6.54 Å². The second-order valence-corrected chi connectivity index (χ2v) is 3.06. The molecule has 0 aliphatic rings. The maximum atomic E-state index is 11.2. The lowest BCUT2D eigenvalue weighted by molar-refractivity contribution is 0.882. The summed E-state index contributed by atoms with van der Waals surface area (Å²) in [5.74, 6) is 0.0800. The van der Waals surface area contributed by atoms with Gasteiger partial charge in [0, 0.05) is 18.9 Å². The Hall–Kier alpha value is -2.44. The first kappa shape index (κ1) is 10.1. The summed E-state index contributed by atoms with van der Waals surface area (Å²) in [6, 6.07) is 3.62. The van der Waals surface area contributed by atoms with Crippen LogP contribution < -0.4 is 16.6 Å². The van der Waals surface area contributed by atoms with Crippen LogP contribution in [0.4, 0.5) is 5.82 Å². The number of rotatable bonds is 3. The van der Waals surface area contributed by atoms with Crippen molar-refractivity contribution in [2.75, 3.05) is 5.32 Å². The van der Waals surface area contributed by atoms with E-state index in [0.29, 0.717) is 6.54 Å². The molecule has 0 radical (unpaired) electrons. The molecule has 2 aromatic rings. The van der Waals surface area contributed by atoms with Gasteiger partial charge < -0.3 is 5.32 Å². The van der Waals surface area contributed by atoms with Gasteiger partial charge in [0.05, 0.1) is 0 Å². The van der Waals surface area contributed by atoms with Crippen LogP contribution in [-0.4, -0.2) is 20.2 Å². The molecule has 16 heavy (non-hydrogen) atoms. The van der Waals surface area contributed by atoms with Crippen LogP contribution in [0.15, 0.2) is 34.1 Å². The number of aromatic amines is 2. The van der Waals surface area contributed by atoms with Gasteiger partial charge in [-0.25, -0.2) is 9.89 Å². The number of pyridine rings is 1. The van der Waals surface area contributed by atoms with Gasteiger partial charge in [0.15, 0.2) is 0 Å². The molecule has 0 saturated carbocycles. The molecule has 0 spiro atoms. The van der Waals surface area contributed by atoms with Gasteiger partial charge in [0.2, 0.25) is 5.82 Å². The van der Waals surface area contributed by atoms with Gasteiger partial charge >= 0.3 is 5.69 Å². The Labute approximate surface area is 89.6 Å². The predicted octanol–water partition coefficient (Wildman–Crippen LogP) is -0.535. The van der Waals surface area contributed by atoms with E-state index in [4.69, 9.17) is 0 Å². The summed E-state index contributed by atoms with van der Waals surface area (Å²) < 4.78 is 0. The zero-order valence-corrected chi connectivity index (χ0v) is 8.23. The van der Waals surface area contributed by atoms with Crippen molar-refractivity contribution >= 4 is 5.82 Å². The number of nitrogens with one attached hydrogen (secondary N) is 3. The molecule has 0 aromatic carbocycles. The summed E-state index contributed by atoms with van der Waals surface area (Å²) in [5.41, 5.74) is -0.209. The number of H-pyrrole nitrogens is 2. The standard InChI is InChI=1S/C9H9N5O2/c15-8-7(13-14-9(16)12-8)11-5-6-1-3-10-4-2-6/h1-4H,5H2,(H,11,13)(H2,12,14,15,16). The lowest BCUT2D eigenvalue weighted by Gasteiger charge is -2.02. The van der Waals surface area contributed by atoms with Crippen LogP contribution in [0.1, 0.15) is 5.56 Å². The fourth-order valence-corrected chi connectivity index (χ4v) is 1.15. The molecule has 2 aromatic heterocycles. The smallest absolute Gasteiger partial charge is 0.342 e. The molecule has 0 bridgehead atoms. The fourth-order valence-electron chi connectivity index (χ4n) is 1.15. The minimum Gasteiger partial charge on any atom is -0.360 e. The van der Waals surface area contributed by atoms with E-state index in [-0.39, 0.29) is 5.82 Å². The van der Waals surface area contributed by atoms with Crippen molar-refractivity contribution in [2.24, 2.45) is 0 Å². The molecular weight excluding hydrogens is 210 g/mol. The largest absolute Gasteiger partial charge is 0.360 e. The minimum absolute atomic E-state index is 0.0800. The molecular formula is C9H9N5O2. The highest BCUT2D eigenvalue weighted by Gasteiger charge is 2.00. The van der Waals surface area contributed by atoms with Gasteiger partial charge in [-0.15, -0.1) is 5.10 Å². The van der Waals surface area contributed by atoms with Crippen LogP contribution in [0.3, 0.4) is 0 Å². The van der Waals surface area contributed by atoms with Crippen LogP contribution in [0.25, 0.3) is 0 Å². The summed E-state index contributed by atoms with van der Waals surface area (Å²) in [7, 11) is 0. The molecule has 7 nitrogen and oxygen atoms in total. The molecule has 0 saturated heterocycles. The van der Waals surface area contributed by atoms with E-state index < -0.39 is 11.2 Å². The quantitative estimate of drug-likeness (QED) is 0.643. The van der Waals surface area contributed by atoms with Crippen molar-refractivity contribution < 1.29 is 0 Å². The molecule has 2 heterocycles. The second kappa shape index (κ2) is 4.39. The monoisotopic (exact) mass is 219 g/mol. The molecule has 3 N–H and O–H groups in total. The minimum atomic E-state index is -0.625. The van der Waals surface area contributed by atoms with Crippen molar-refractivity contribution in [1.82, 2.24) is 20.2 Å². The van der Waals surface area contributed by atoms with Gasteiger partial charge in [0.1, 0.15) is 0 Å². The summed E-state index contributed by atoms with van der Waals surface area (Å²) in [5, 5.41) is 8.53. The first-order valence-electron chi connectivity index (χ1n) is 4.57. The lowest BCUT2D eigenvalue weighted by Crippen LogP contribution is -2.26. The van der Waals surface area contributed by atoms with Crippen molar-refractivity contribution in [1.29, 1.82) is 0 Å². The van der Waals surface area contributed by atoms with E-state index in [9.17, 15) is 9.59 Å². The number of anilines is 1. The van der Waals surface area contributed by atoms with Crippen molar-refractivity contribution in [3.8, 4) is 0 Å². The number of nitrogens with zero attached hydrogens (tertiary/aromatic N) is 2. The van der Waals surface area contributed by atoms with E-state index in [2.05, 4.69) is 25.5 Å². The molecule has 0 atom stereocenters. The first-order valence-corrected chi connectivity index (χ1v) is 4.57. The van der Waals surface area contributed by atoms with Crippen LogP contribution in [0, 0.1) is 0 Å². The van der Waals surface area contributed by atoms with Gasteiger partial charge in [0.25, 0.3) is 5.56 Å². The Bertz CT molecular complexity index is 574. The Morgan fingerprint density at radius 2 is 2.00 bits per heavy atom. The molecule has 0 unspecified atom stereocenters. The van der Waals surface area contributed by atoms with E-state index in [0.717, 1.165) is 5.56 Å². The fraction of sp³-hybridized carbons (Fsp3) is 0.111. The predicted molar refractivity (Wildman–Crippen MR) is 57.0 cm³/mol. The zero-order chi connectivity index (χ0) is 11.4. The van der Waals surface area contributed by atoms with Gasteiger partial charge in [-0.2, -0.15) is 0 Å². The number of aromatic nitrogens is 4. The van der Waals surface area contributed by atoms with E-state index in [1.807, 2.05) is 12.1 Å². The van der Waals surface area contributed by atoms with Crippen molar-refractivity contribution in [3.63, 3.8) is 0 Å². The molecule has 0 fully saturated rings. The lowest BCUT2D eigenvalue weighted by atomic mass is 10.3. The first-order chi connectivity index (χ1) is 7.75. The SMILES string of the molecule is O=c1[nH]nc(NCc2ccncc2)c(=O)[nH]1. The van der Waals surface area contributed by atoms with Gasteiger partial charge in [-0.3, -0.25) is 14.8 Å². The van der Waals surface area contributed by atoms with Crippen LogP contribution in [0.5, 0.6) is 0 Å². The molecule has 82 valence electrons. The Balaban J connectivity index is 2.11. The third-order valence-corrected chi connectivity index (χ3v) is 1.92. The van der Waals surface area contributed by atoms with Gasteiger partial charge in [-0.05, 0) is 17.7 Å². The average molecular weight is 219 g/mol. The summed E-state index contributed by atoms with van der Waals surface area (Å²) in [4.78, 5) is 27.9. The Morgan fingerprint density at radius 1 is 1.25 bits per heavy atom. The third kappa shape index (κ3) is 2.32. The topological polar surface area (TPSA) is 104 Å². The zero-order valence-electron chi connectivity index (χ0n) is 8.23. The summed E-state index contributed by atoms with van der Waals surface area (Å²) in [6.07, 6.45) is 3.31. The maximum Gasteiger partial charge on any atom is 0.342 e. The highest BCUT2D eigenvalue weighted by Crippen LogP contribution is 1.98. The molecule has 0 aliphatic heterocycles. The van der Waals surface area contributed by atoms with Crippen LogP contribution >= 0.6 is 0 Å². The van der Waals surface area contributed by atoms with E-state index in [1.54, 1.807) is 12.4 Å². The molecule has 2 rings (SSSR count). The molecule has 0 aliphatic carbocycles. The summed E-state index contributed by atoms with van der Waals surface area (Å²) >= 11 is 0. The van der Waals surface area contributed by atoms with Crippen LogP contribution in [0.2, 0.25) is 0 Å². The van der Waals surface area contributed by atoms with Gasteiger partial charge in [-0.1, -0.05) is 0 Å². The second-order valence-electron chi connectivity index (χ2n) is 3.06. The third-order valence-electron chi connectivity index (χ3n) is 1.92. The highest BCUT2D eigenvalue weighted by atomic mass is 16.2. The normalized spacial score (nSPS) is 10.0. The highest BCUT2D eigenvalue weighted by molar-refractivity contribution is 5.30. The molecule has 0 amide bonds. The Kier molecular flexibility index (Phi) is 2.77. The van der Waals surface area contributed by atoms with Crippen molar-refractivity contribution in [3.05, 3.63) is 50.9 Å². The maximum absolute atomic E-state index is 11.2. The number of hydrogen-bond acceptors (Lipinski definition) is 5. The van der Waals surface area contributed by atoms with E-state index >= 15 is 0 Å². The molecule has 7 heteroatoms. The average Bonchev–Trinajstić information content (AvgIpc) is 2.29. The van der Waals surface area contributed by atoms with E-state index in [1.165, 1.54) is 0 Å². The number of hydrogen-bond donors (Lipinski definition) is 3.